The van der Waals surface area contributed by atoms with Gasteiger partial charge >= 0.3 is 5.97 Å². The largest absolute Gasteiger partial charge is 0.460 e. The van der Waals surface area contributed by atoms with Gasteiger partial charge in [0, 0.05) is 0 Å². The molecule has 1 unspecified atom stereocenters. The van der Waals surface area contributed by atoms with Gasteiger partial charge in [0.15, 0.2) is 0 Å². The van der Waals surface area contributed by atoms with Crippen molar-refractivity contribution in [2.24, 2.45) is 5.92 Å². The minimum absolute atomic E-state index is 0.0409. The molecule has 1 atom stereocenters. The van der Waals surface area contributed by atoms with E-state index in [1.54, 1.807) is 0 Å². The van der Waals surface area contributed by atoms with Gasteiger partial charge in [0.25, 0.3) is 0 Å². The third-order valence-corrected chi connectivity index (χ3v) is 2.30. The Balaban J connectivity index is 0. The van der Waals surface area contributed by atoms with Gasteiger partial charge in [-0.3, -0.25) is 4.79 Å². The zero-order valence-electron chi connectivity index (χ0n) is 12.9. The topological polar surface area (TPSA) is 26.3 Å². The Labute approximate surface area is 108 Å². The number of carbonyl (C=O) groups is 1. The number of esters is 1. The molecule has 2 heteroatoms. The molecule has 2 nitrogen and oxygen atoms in total. The molecule has 0 saturated heterocycles. The van der Waals surface area contributed by atoms with Crippen LogP contribution in [-0.4, -0.2) is 11.6 Å². The standard InChI is InChI=1S/C11H22O2.C4H10/c1-6-7-8-9(2)10(12)13-11(3,4)5;1-3-4-2/h9H,6-8H2,1-5H3;3-4H2,1-2H3. The predicted octanol–water partition coefficient (Wildman–Crippen LogP) is 4.96. The Bertz CT molecular complexity index is 178. The second kappa shape index (κ2) is 10.6. The molecule has 104 valence electrons. The molecular formula is C15H32O2. The molecule has 0 aliphatic rings. The molecule has 0 bridgehead atoms. The number of unbranched alkanes of at least 4 members (excludes halogenated alkanes) is 2. The van der Waals surface area contributed by atoms with Crippen LogP contribution >= 0.6 is 0 Å². The lowest BCUT2D eigenvalue weighted by Crippen LogP contribution is -2.27. The lowest BCUT2D eigenvalue weighted by Gasteiger charge is -2.22. The zero-order chi connectivity index (χ0) is 13.9. The molecule has 17 heavy (non-hydrogen) atoms. The summed E-state index contributed by atoms with van der Waals surface area (Å²) in [4.78, 5) is 11.4. The maximum absolute atomic E-state index is 11.4. The van der Waals surface area contributed by atoms with E-state index in [1.807, 2.05) is 27.7 Å². The van der Waals surface area contributed by atoms with Crippen LogP contribution in [0.4, 0.5) is 0 Å². The Morgan fingerprint density at radius 1 is 1.06 bits per heavy atom. The monoisotopic (exact) mass is 244 g/mol. The summed E-state index contributed by atoms with van der Waals surface area (Å²) in [6.45, 7) is 14.1. The number of rotatable bonds is 5. The summed E-state index contributed by atoms with van der Waals surface area (Å²) in [6.07, 6.45) is 5.80. The number of ether oxygens (including phenoxy) is 1. The van der Waals surface area contributed by atoms with Crippen molar-refractivity contribution in [2.45, 2.75) is 86.2 Å². The van der Waals surface area contributed by atoms with Crippen LogP contribution in [0.5, 0.6) is 0 Å². The van der Waals surface area contributed by atoms with Crippen LogP contribution in [-0.2, 0) is 9.53 Å². The first-order valence-corrected chi connectivity index (χ1v) is 7.01. The molecule has 0 spiro atoms. The minimum Gasteiger partial charge on any atom is -0.460 e. The molecule has 0 rings (SSSR count). The lowest BCUT2D eigenvalue weighted by atomic mass is 10.0. The highest BCUT2D eigenvalue weighted by Crippen LogP contribution is 2.15. The summed E-state index contributed by atoms with van der Waals surface area (Å²) in [5.41, 5.74) is -0.350. The second-order valence-corrected chi connectivity index (χ2v) is 5.58. The van der Waals surface area contributed by atoms with Crippen LogP contribution in [0.15, 0.2) is 0 Å². The van der Waals surface area contributed by atoms with Gasteiger partial charge in [-0.05, 0) is 27.2 Å². The van der Waals surface area contributed by atoms with Crippen LogP contribution in [0.2, 0.25) is 0 Å². The van der Waals surface area contributed by atoms with Gasteiger partial charge in [0.05, 0.1) is 5.92 Å². The number of hydrogen-bond acceptors (Lipinski definition) is 2. The Morgan fingerprint density at radius 3 is 1.82 bits per heavy atom. The molecule has 0 aliphatic carbocycles. The molecule has 0 radical (unpaired) electrons. The summed E-state index contributed by atoms with van der Waals surface area (Å²) >= 11 is 0. The first kappa shape index (κ1) is 18.8. The summed E-state index contributed by atoms with van der Waals surface area (Å²) < 4.78 is 5.26. The average molecular weight is 244 g/mol. The van der Waals surface area contributed by atoms with E-state index in [0.717, 1.165) is 19.3 Å². The Kier molecular flexibility index (Phi) is 11.8. The van der Waals surface area contributed by atoms with Crippen LogP contribution in [0, 0.1) is 5.92 Å². The highest BCUT2D eigenvalue weighted by molar-refractivity contribution is 5.72. The first-order chi connectivity index (χ1) is 7.78. The van der Waals surface area contributed by atoms with Crippen molar-refractivity contribution in [2.75, 3.05) is 0 Å². The summed E-state index contributed by atoms with van der Waals surface area (Å²) in [6, 6.07) is 0. The Hall–Kier alpha value is -0.530. The van der Waals surface area contributed by atoms with Gasteiger partial charge in [0.2, 0.25) is 0 Å². The van der Waals surface area contributed by atoms with E-state index in [0.29, 0.717) is 0 Å². The van der Waals surface area contributed by atoms with Crippen molar-refractivity contribution >= 4 is 5.97 Å². The fourth-order valence-electron chi connectivity index (χ4n) is 1.03. The van der Waals surface area contributed by atoms with Crippen LogP contribution < -0.4 is 0 Å². The quantitative estimate of drug-likeness (QED) is 0.639. The molecular weight excluding hydrogens is 212 g/mol. The van der Waals surface area contributed by atoms with Crippen molar-refractivity contribution in [3.63, 3.8) is 0 Å². The van der Waals surface area contributed by atoms with E-state index in [2.05, 4.69) is 20.8 Å². The zero-order valence-corrected chi connectivity index (χ0v) is 12.9. The van der Waals surface area contributed by atoms with E-state index in [1.165, 1.54) is 12.8 Å². The van der Waals surface area contributed by atoms with Gasteiger partial charge in [0.1, 0.15) is 5.60 Å². The maximum atomic E-state index is 11.4. The van der Waals surface area contributed by atoms with Crippen LogP contribution in [0.25, 0.3) is 0 Å². The van der Waals surface area contributed by atoms with E-state index >= 15 is 0 Å². The summed E-state index contributed by atoms with van der Waals surface area (Å²) in [5.74, 6) is -0.0277. The van der Waals surface area contributed by atoms with Crippen molar-refractivity contribution in [3.8, 4) is 0 Å². The minimum atomic E-state index is -0.350. The first-order valence-electron chi connectivity index (χ1n) is 7.01. The number of hydrogen-bond donors (Lipinski definition) is 0. The van der Waals surface area contributed by atoms with Gasteiger partial charge in [-0.15, -0.1) is 0 Å². The van der Waals surface area contributed by atoms with E-state index in [9.17, 15) is 4.79 Å². The van der Waals surface area contributed by atoms with Gasteiger partial charge < -0.3 is 4.74 Å². The molecule has 0 fully saturated rings. The molecule has 0 heterocycles. The third-order valence-electron chi connectivity index (χ3n) is 2.30. The van der Waals surface area contributed by atoms with Crippen molar-refractivity contribution in [1.82, 2.24) is 0 Å². The highest BCUT2D eigenvalue weighted by atomic mass is 16.6. The fourth-order valence-corrected chi connectivity index (χ4v) is 1.03. The third kappa shape index (κ3) is 15.5. The smallest absolute Gasteiger partial charge is 0.309 e. The van der Waals surface area contributed by atoms with Gasteiger partial charge in [-0.2, -0.15) is 0 Å². The van der Waals surface area contributed by atoms with Crippen LogP contribution in [0.1, 0.15) is 80.6 Å². The average Bonchev–Trinajstić information content (AvgIpc) is 2.23. The van der Waals surface area contributed by atoms with E-state index in [4.69, 9.17) is 4.74 Å². The fraction of sp³-hybridized carbons (Fsp3) is 0.933. The molecule has 0 aromatic carbocycles. The van der Waals surface area contributed by atoms with E-state index < -0.39 is 0 Å². The number of carbonyl (C=O) groups excluding carboxylic acids is 1. The van der Waals surface area contributed by atoms with Crippen molar-refractivity contribution in [3.05, 3.63) is 0 Å². The molecule has 0 saturated carbocycles. The summed E-state index contributed by atoms with van der Waals surface area (Å²) in [5, 5.41) is 0. The van der Waals surface area contributed by atoms with Crippen LogP contribution in [0.3, 0.4) is 0 Å². The molecule has 0 aromatic heterocycles. The molecule has 0 aliphatic heterocycles. The maximum Gasteiger partial charge on any atom is 0.309 e. The predicted molar refractivity (Wildman–Crippen MR) is 75.1 cm³/mol. The molecule has 0 aromatic rings. The highest BCUT2D eigenvalue weighted by Gasteiger charge is 2.20. The van der Waals surface area contributed by atoms with E-state index in [-0.39, 0.29) is 17.5 Å². The summed E-state index contributed by atoms with van der Waals surface area (Å²) in [7, 11) is 0. The van der Waals surface area contributed by atoms with Crippen molar-refractivity contribution in [1.29, 1.82) is 0 Å². The van der Waals surface area contributed by atoms with Gasteiger partial charge in [-0.25, -0.2) is 0 Å². The molecule has 0 N–H and O–H groups in total. The van der Waals surface area contributed by atoms with Gasteiger partial charge in [-0.1, -0.05) is 53.4 Å². The SMILES string of the molecule is CCCC.CCCCC(C)C(=O)OC(C)(C)C. The van der Waals surface area contributed by atoms with Crippen molar-refractivity contribution < 1.29 is 9.53 Å². The molecule has 0 amide bonds. The lowest BCUT2D eigenvalue weighted by molar-refractivity contribution is -0.159. The Morgan fingerprint density at radius 2 is 1.53 bits per heavy atom. The second-order valence-electron chi connectivity index (χ2n) is 5.58. The normalized spacial score (nSPS) is 12.4.